The van der Waals surface area contributed by atoms with Gasteiger partial charge in [-0.15, -0.1) is 0 Å². The summed E-state index contributed by atoms with van der Waals surface area (Å²) in [5.74, 6) is 0.377. The van der Waals surface area contributed by atoms with Crippen molar-refractivity contribution in [1.29, 1.82) is 0 Å². The van der Waals surface area contributed by atoms with Gasteiger partial charge in [-0.2, -0.15) is 0 Å². The van der Waals surface area contributed by atoms with E-state index in [0.717, 1.165) is 30.8 Å². The van der Waals surface area contributed by atoms with Crippen LogP contribution in [-0.4, -0.2) is 34.8 Å². The van der Waals surface area contributed by atoms with Crippen LogP contribution < -0.4 is 16.2 Å². The van der Waals surface area contributed by atoms with Crippen LogP contribution in [0, 0.1) is 13.8 Å². The Morgan fingerprint density at radius 3 is 2.70 bits per heavy atom. The molecule has 0 spiro atoms. The van der Waals surface area contributed by atoms with E-state index in [9.17, 15) is 4.79 Å². The Bertz CT molecular complexity index is 454. The standard InChI is InChI=1S/C13H21N5O2/c1-8-7-9(2)15-12(14-8)17-18-13(19)16-10(3)11-5-4-6-20-11/h7,10-11H,4-6H2,1-3H3,(H,14,15,17)(H2,16,18,19)/t10-,11+/m0/s1. The van der Waals surface area contributed by atoms with Crippen LogP contribution >= 0.6 is 0 Å². The highest BCUT2D eigenvalue weighted by atomic mass is 16.5. The number of aromatic nitrogens is 2. The average Bonchev–Trinajstić information content (AvgIpc) is 2.89. The van der Waals surface area contributed by atoms with E-state index in [1.54, 1.807) is 0 Å². The first-order chi connectivity index (χ1) is 9.54. The fraction of sp³-hybridized carbons (Fsp3) is 0.615. The lowest BCUT2D eigenvalue weighted by atomic mass is 10.1. The maximum absolute atomic E-state index is 11.8. The van der Waals surface area contributed by atoms with Gasteiger partial charge in [0.25, 0.3) is 0 Å². The molecule has 2 amide bonds. The van der Waals surface area contributed by atoms with Crippen LogP contribution in [0.4, 0.5) is 10.7 Å². The first-order valence-corrected chi connectivity index (χ1v) is 6.81. The number of hydrogen-bond acceptors (Lipinski definition) is 5. The van der Waals surface area contributed by atoms with Crippen LogP contribution in [0.15, 0.2) is 6.07 Å². The van der Waals surface area contributed by atoms with E-state index in [2.05, 4.69) is 26.1 Å². The van der Waals surface area contributed by atoms with Crippen LogP contribution in [0.5, 0.6) is 0 Å². The van der Waals surface area contributed by atoms with E-state index in [0.29, 0.717) is 5.95 Å². The molecule has 1 aromatic rings. The molecule has 2 atom stereocenters. The van der Waals surface area contributed by atoms with Gasteiger partial charge in [0.2, 0.25) is 5.95 Å². The summed E-state index contributed by atoms with van der Waals surface area (Å²) in [6.45, 7) is 6.45. The molecule has 0 bridgehead atoms. The van der Waals surface area contributed by atoms with Crippen molar-refractivity contribution in [1.82, 2.24) is 20.7 Å². The number of hydrazine groups is 1. The van der Waals surface area contributed by atoms with Gasteiger partial charge >= 0.3 is 6.03 Å². The number of carbonyl (C=O) groups excluding carboxylic acids is 1. The van der Waals surface area contributed by atoms with E-state index in [1.807, 2.05) is 26.8 Å². The first kappa shape index (κ1) is 14.5. The quantitative estimate of drug-likeness (QED) is 0.723. The van der Waals surface area contributed by atoms with Crippen LogP contribution in [-0.2, 0) is 4.74 Å². The molecule has 1 saturated heterocycles. The van der Waals surface area contributed by atoms with E-state index in [-0.39, 0.29) is 18.2 Å². The predicted molar refractivity (Wildman–Crippen MR) is 75.2 cm³/mol. The van der Waals surface area contributed by atoms with Crippen molar-refractivity contribution in [2.24, 2.45) is 0 Å². The molecule has 0 aromatic carbocycles. The second-order valence-electron chi connectivity index (χ2n) is 5.04. The minimum atomic E-state index is -0.323. The number of urea groups is 1. The summed E-state index contributed by atoms with van der Waals surface area (Å²) >= 11 is 0. The number of rotatable bonds is 4. The molecule has 2 heterocycles. The zero-order valence-corrected chi connectivity index (χ0v) is 12.1. The summed E-state index contributed by atoms with van der Waals surface area (Å²) < 4.78 is 5.52. The van der Waals surface area contributed by atoms with Crippen molar-refractivity contribution in [3.05, 3.63) is 17.5 Å². The maximum Gasteiger partial charge on any atom is 0.333 e. The predicted octanol–water partition coefficient (Wildman–Crippen LogP) is 1.29. The van der Waals surface area contributed by atoms with Crippen molar-refractivity contribution < 1.29 is 9.53 Å². The van der Waals surface area contributed by atoms with E-state index < -0.39 is 0 Å². The van der Waals surface area contributed by atoms with Gasteiger partial charge in [-0.05, 0) is 39.7 Å². The first-order valence-electron chi connectivity index (χ1n) is 6.81. The monoisotopic (exact) mass is 279 g/mol. The van der Waals surface area contributed by atoms with Gasteiger partial charge in [0.1, 0.15) is 0 Å². The normalized spacial score (nSPS) is 19.4. The van der Waals surface area contributed by atoms with Crippen molar-refractivity contribution in [3.8, 4) is 0 Å². The second kappa shape index (κ2) is 6.51. The van der Waals surface area contributed by atoms with Crippen molar-refractivity contribution in [2.75, 3.05) is 12.0 Å². The zero-order valence-electron chi connectivity index (χ0n) is 12.1. The highest BCUT2D eigenvalue weighted by Gasteiger charge is 2.23. The molecule has 0 radical (unpaired) electrons. The number of anilines is 1. The van der Waals surface area contributed by atoms with E-state index >= 15 is 0 Å². The Kier molecular flexibility index (Phi) is 4.73. The number of carbonyl (C=O) groups is 1. The molecule has 1 fully saturated rings. The van der Waals surface area contributed by atoms with Crippen LogP contribution in [0.25, 0.3) is 0 Å². The molecular weight excluding hydrogens is 258 g/mol. The Balaban J connectivity index is 1.79. The number of nitrogens with one attached hydrogen (secondary N) is 3. The molecule has 3 N–H and O–H groups in total. The Morgan fingerprint density at radius 1 is 1.40 bits per heavy atom. The third-order valence-corrected chi connectivity index (χ3v) is 3.15. The van der Waals surface area contributed by atoms with Crippen LogP contribution in [0.1, 0.15) is 31.2 Å². The molecule has 110 valence electrons. The van der Waals surface area contributed by atoms with Gasteiger partial charge in [0.05, 0.1) is 12.1 Å². The lowest BCUT2D eigenvalue weighted by Gasteiger charge is -2.20. The third kappa shape index (κ3) is 4.06. The second-order valence-corrected chi connectivity index (χ2v) is 5.04. The minimum absolute atomic E-state index is 0.0283. The molecule has 0 unspecified atom stereocenters. The molecular formula is C13H21N5O2. The molecule has 1 aromatic heterocycles. The Labute approximate surface area is 118 Å². The molecule has 1 aliphatic rings. The topological polar surface area (TPSA) is 88.2 Å². The SMILES string of the molecule is Cc1cc(C)nc(NNC(=O)N[C@@H](C)[C@H]2CCCO2)n1. The van der Waals surface area contributed by atoms with Gasteiger partial charge in [0, 0.05) is 18.0 Å². The highest BCUT2D eigenvalue weighted by molar-refractivity contribution is 5.75. The summed E-state index contributed by atoms with van der Waals surface area (Å²) in [7, 11) is 0. The van der Waals surface area contributed by atoms with Crippen molar-refractivity contribution in [3.63, 3.8) is 0 Å². The molecule has 0 saturated carbocycles. The largest absolute Gasteiger partial charge is 0.376 e. The summed E-state index contributed by atoms with van der Waals surface area (Å²) in [5.41, 5.74) is 6.91. The van der Waals surface area contributed by atoms with Crippen LogP contribution in [0.3, 0.4) is 0 Å². The van der Waals surface area contributed by atoms with Crippen molar-refractivity contribution >= 4 is 12.0 Å². The molecule has 1 aliphatic heterocycles. The molecule has 7 heteroatoms. The fourth-order valence-corrected chi connectivity index (χ4v) is 2.23. The van der Waals surface area contributed by atoms with E-state index in [4.69, 9.17) is 4.74 Å². The maximum atomic E-state index is 11.8. The number of hydrogen-bond donors (Lipinski definition) is 3. The Hall–Kier alpha value is -1.89. The molecule has 20 heavy (non-hydrogen) atoms. The number of amides is 2. The molecule has 0 aliphatic carbocycles. The van der Waals surface area contributed by atoms with E-state index in [1.165, 1.54) is 0 Å². The summed E-state index contributed by atoms with van der Waals surface area (Å²) in [4.78, 5) is 20.1. The number of ether oxygens (including phenoxy) is 1. The third-order valence-electron chi connectivity index (χ3n) is 3.15. The number of aryl methyl sites for hydroxylation is 2. The number of nitrogens with zero attached hydrogens (tertiary/aromatic N) is 2. The minimum Gasteiger partial charge on any atom is -0.376 e. The molecule has 2 rings (SSSR count). The van der Waals surface area contributed by atoms with Crippen molar-refractivity contribution in [2.45, 2.75) is 45.8 Å². The van der Waals surface area contributed by atoms with Gasteiger partial charge in [0.15, 0.2) is 0 Å². The average molecular weight is 279 g/mol. The highest BCUT2D eigenvalue weighted by Crippen LogP contribution is 2.15. The lowest BCUT2D eigenvalue weighted by Crippen LogP contribution is -2.47. The summed E-state index contributed by atoms with van der Waals surface area (Å²) in [5, 5.41) is 2.83. The summed E-state index contributed by atoms with van der Waals surface area (Å²) in [6, 6.07) is 1.51. The molecule has 7 nitrogen and oxygen atoms in total. The van der Waals surface area contributed by atoms with Gasteiger partial charge in [-0.25, -0.2) is 20.2 Å². The Morgan fingerprint density at radius 2 is 2.10 bits per heavy atom. The fourth-order valence-electron chi connectivity index (χ4n) is 2.23. The summed E-state index contributed by atoms with van der Waals surface area (Å²) in [6.07, 6.45) is 2.13. The smallest absolute Gasteiger partial charge is 0.333 e. The van der Waals surface area contributed by atoms with Gasteiger partial charge in [-0.3, -0.25) is 5.43 Å². The van der Waals surface area contributed by atoms with Gasteiger partial charge < -0.3 is 10.1 Å². The van der Waals surface area contributed by atoms with Gasteiger partial charge in [-0.1, -0.05) is 0 Å². The van der Waals surface area contributed by atoms with Crippen LogP contribution in [0.2, 0.25) is 0 Å². The lowest BCUT2D eigenvalue weighted by molar-refractivity contribution is 0.0861. The zero-order chi connectivity index (χ0) is 14.5.